The van der Waals surface area contributed by atoms with Crippen molar-refractivity contribution in [3.63, 3.8) is 0 Å². The van der Waals surface area contributed by atoms with Crippen LogP contribution < -0.4 is 20.1 Å². The largest absolute Gasteiger partial charge is 0.490 e. The van der Waals surface area contributed by atoms with Gasteiger partial charge in [-0.05, 0) is 75.0 Å². The summed E-state index contributed by atoms with van der Waals surface area (Å²) in [4.78, 5) is 26.9. The molecular formula is C27H30N2O4S. The maximum absolute atomic E-state index is 13.2. The van der Waals surface area contributed by atoms with E-state index in [0.29, 0.717) is 30.3 Å². The molecule has 0 fully saturated rings. The van der Waals surface area contributed by atoms with Crippen molar-refractivity contribution in [2.75, 3.05) is 13.2 Å². The van der Waals surface area contributed by atoms with Crippen LogP contribution in [0.15, 0.2) is 65.7 Å². The molecule has 0 unspecified atom stereocenters. The summed E-state index contributed by atoms with van der Waals surface area (Å²) in [6.45, 7) is 8.66. The van der Waals surface area contributed by atoms with E-state index in [0.717, 1.165) is 16.0 Å². The van der Waals surface area contributed by atoms with Gasteiger partial charge in [0.1, 0.15) is 5.70 Å². The van der Waals surface area contributed by atoms with Gasteiger partial charge < -0.3 is 20.1 Å². The Bertz CT molecular complexity index is 1160. The number of benzene rings is 2. The van der Waals surface area contributed by atoms with Crippen molar-refractivity contribution < 1.29 is 19.1 Å². The third kappa shape index (κ3) is 6.71. The normalized spacial score (nSPS) is 12.1. The summed E-state index contributed by atoms with van der Waals surface area (Å²) in [5, 5.41) is 7.69. The quantitative estimate of drug-likeness (QED) is 0.377. The standard InChI is InChI=1S/C27H30N2O4S/c1-5-32-24-13-12-20(16-25(24)33-6-2)19(4)28-27(31)23(17-22-11-8-14-34-22)29-26(30)21-10-7-9-18(3)15-21/h7-17,19H,5-6H2,1-4H3,(H,28,31)(H,29,30)/b23-17-/t19-/m1/s1. The maximum atomic E-state index is 13.2. The van der Waals surface area contributed by atoms with Crippen molar-refractivity contribution >= 4 is 29.2 Å². The smallest absolute Gasteiger partial charge is 0.268 e. The van der Waals surface area contributed by atoms with E-state index in [1.165, 1.54) is 11.3 Å². The Labute approximate surface area is 204 Å². The molecule has 2 amide bonds. The van der Waals surface area contributed by atoms with E-state index in [-0.39, 0.29) is 23.6 Å². The van der Waals surface area contributed by atoms with Gasteiger partial charge in [-0.3, -0.25) is 9.59 Å². The zero-order valence-corrected chi connectivity index (χ0v) is 20.7. The topological polar surface area (TPSA) is 76.7 Å². The fourth-order valence-electron chi connectivity index (χ4n) is 3.35. The molecule has 0 bridgehead atoms. The lowest BCUT2D eigenvalue weighted by Gasteiger charge is -2.19. The third-order valence-corrected chi connectivity index (χ3v) is 5.84. The maximum Gasteiger partial charge on any atom is 0.268 e. The first-order valence-corrected chi connectivity index (χ1v) is 12.1. The Morgan fingerprint density at radius 2 is 1.76 bits per heavy atom. The van der Waals surface area contributed by atoms with Crippen LogP contribution in [0.5, 0.6) is 11.5 Å². The van der Waals surface area contributed by atoms with Crippen LogP contribution >= 0.6 is 11.3 Å². The van der Waals surface area contributed by atoms with Gasteiger partial charge in [0, 0.05) is 10.4 Å². The first-order chi connectivity index (χ1) is 16.4. The van der Waals surface area contributed by atoms with Gasteiger partial charge >= 0.3 is 0 Å². The Balaban J connectivity index is 1.81. The Kier molecular flexibility index (Phi) is 8.87. The van der Waals surface area contributed by atoms with Gasteiger partial charge in [0.05, 0.1) is 19.3 Å². The number of thiophene rings is 1. The van der Waals surface area contributed by atoms with Crippen LogP contribution in [0.25, 0.3) is 6.08 Å². The van der Waals surface area contributed by atoms with Gasteiger partial charge in [0.15, 0.2) is 11.5 Å². The van der Waals surface area contributed by atoms with Crippen molar-refractivity contribution in [3.05, 3.63) is 87.2 Å². The Morgan fingerprint density at radius 3 is 2.44 bits per heavy atom. The van der Waals surface area contributed by atoms with Crippen molar-refractivity contribution in [1.29, 1.82) is 0 Å². The zero-order chi connectivity index (χ0) is 24.5. The molecule has 2 aromatic carbocycles. The second kappa shape index (κ2) is 12.0. The zero-order valence-electron chi connectivity index (χ0n) is 19.9. The van der Waals surface area contributed by atoms with Crippen LogP contribution in [0.3, 0.4) is 0 Å². The number of ether oxygens (including phenoxy) is 2. The molecule has 6 nitrogen and oxygen atoms in total. The highest BCUT2D eigenvalue weighted by Crippen LogP contribution is 2.30. The minimum absolute atomic E-state index is 0.178. The first-order valence-electron chi connectivity index (χ1n) is 11.2. The number of carbonyl (C=O) groups is 2. The van der Waals surface area contributed by atoms with Crippen molar-refractivity contribution in [1.82, 2.24) is 10.6 Å². The number of nitrogens with one attached hydrogen (secondary N) is 2. The summed E-state index contributed by atoms with van der Waals surface area (Å²) in [6.07, 6.45) is 1.68. The van der Waals surface area contributed by atoms with Crippen LogP contribution in [-0.2, 0) is 4.79 Å². The molecule has 0 saturated heterocycles. The summed E-state index contributed by atoms with van der Waals surface area (Å²) in [5.41, 5.74) is 2.50. The molecule has 0 aliphatic rings. The molecule has 0 spiro atoms. The number of rotatable bonds is 10. The average Bonchev–Trinajstić information content (AvgIpc) is 3.33. The summed E-state index contributed by atoms with van der Waals surface area (Å²) in [6, 6.07) is 16.3. The minimum Gasteiger partial charge on any atom is -0.490 e. The van der Waals surface area contributed by atoms with Gasteiger partial charge in [-0.2, -0.15) is 0 Å². The van der Waals surface area contributed by atoms with Gasteiger partial charge in [-0.1, -0.05) is 29.8 Å². The molecule has 3 aromatic rings. The van der Waals surface area contributed by atoms with Gasteiger partial charge in [-0.15, -0.1) is 11.3 Å². The van der Waals surface area contributed by atoms with E-state index in [1.54, 1.807) is 18.2 Å². The highest BCUT2D eigenvalue weighted by atomic mass is 32.1. The molecule has 178 valence electrons. The number of amides is 2. The molecule has 0 aliphatic carbocycles. The number of aryl methyl sites for hydroxylation is 1. The van der Waals surface area contributed by atoms with E-state index in [2.05, 4.69) is 10.6 Å². The molecule has 0 saturated carbocycles. The second-order valence-electron chi connectivity index (χ2n) is 7.66. The molecule has 34 heavy (non-hydrogen) atoms. The minimum atomic E-state index is -0.381. The molecule has 3 rings (SSSR count). The van der Waals surface area contributed by atoms with E-state index in [4.69, 9.17) is 9.47 Å². The molecule has 7 heteroatoms. The summed E-state index contributed by atoms with van der Waals surface area (Å²) < 4.78 is 11.3. The lowest BCUT2D eigenvalue weighted by atomic mass is 10.1. The number of hydrogen-bond acceptors (Lipinski definition) is 5. The van der Waals surface area contributed by atoms with E-state index in [9.17, 15) is 9.59 Å². The van der Waals surface area contributed by atoms with E-state index < -0.39 is 0 Å². The van der Waals surface area contributed by atoms with E-state index >= 15 is 0 Å². The molecule has 1 heterocycles. The summed E-state index contributed by atoms with van der Waals surface area (Å²) in [5.74, 6) is 0.572. The van der Waals surface area contributed by atoms with Crippen LogP contribution in [-0.4, -0.2) is 25.0 Å². The fourth-order valence-corrected chi connectivity index (χ4v) is 4.01. The highest BCUT2D eigenvalue weighted by molar-refractivity contribution is 7.10. The molecule has 2 N–H and O–H groups in total. The van der Waals surface area contributed by atoms with Gasteiger partial charge in [0.2, 0.25) is 0 Å². The molecule has 1 aromatic heterocycles. The first kappa shape index (κ1) is 25.1. The van der Waals surface area contributed by atoms with E-state index in [1.807, 2.05) is 75.5 Å². The highest BCUT2D eigenvalue weighted by Gasteiger charge is 2.19. The van der Waals surface area contributed by atoms with Gasteiger partial charge in [-0.25, -0.2) is 0 Å². The number of carbonyl (C=O) groups excluding carboxylic acids is 2. The molecular weight excluding hydrogens is 448 g/mol. The SMILES string of the molecule is CCOc1ccc([C@@H](C)NC(=O)/C(=C/c2cccs2)NC(=O)c2cccc(C)c2)cc1OCC. The van der Waals surface area contributed by atoms with Crippen LogP contribution in [0.2, 0.25) is 0 Å². The van der Waals surface area contributed by atoms with Crippen LogP contribution in [0.1, 0.15) is 53.2 Å². The fraction of sp³-hybridized carbons (Fsp3) is 0.259. The predicted molar refractivity (Wildman–Crippen MR) is 136 cm³/mol. The monoisotopic (exact) mass is 478 g/mol. The predicted octanol–water partition coefficient (Wildman–Crippen LogP) is 5.50. The Morgan fingerprint density at radius 1 is 1.00 bits per heavy atom. The molecule has 0 aliphatic heterocycles. The summed E-state index contributed by atoms with van der Waals surface area (Å²) in [7, 11) is 0. The van der Waals surface area contributed by atoms with Crippen molar-refractivity contribution in [3.8, 4) is 11.5 Å². The average molecular weight is 479 g/mol. The van der Waals surface area contributed by atoms with Gasteiger partial charge in [0.25, 0.3) is 11.8 Å². The lowest BCUT2D eigenvalue weighted by molar-refractivity contribution is -0.118. The molecule has 0 radical (unpaired) electrons. The van der Waals surface area contributed by atoms with Crippen molar-refractivity contribution in [2.45, 2.75) is 33.7 Å². The van der Waals surface area contributed by atoms with Crippen molar-refractivity contribution in [2.24, 2.45) is 0 Å². The Hall–Kier alpha value is -3.58. The van der Waals surface area contributed by atoms with Crippen LogP contribution in [0.4, 0.5) is 0 Å². The second-order valence-corrected chi connectivity index (χ2v) is 8.64. The lowest BCUT2D eigenvalue weighted by Crippen LogP contribution is -2.36. The number of hydrogen-bond donors (Lipinski definition) is 2. The molecule has 1 atom stereocenters. The third-order valence-electron chi connectivity index (χ3n) is 5.02. The van der Waals surface area contributed by atoms with Crippen LogP contribution in [0, 0.1) is 6.92 Å². The summed E-state index contributed by atoms with van der Waals surface area (Å²) >= 11 is 1.48.